The number of Topliss-reactive ketones (excluding diaryl/α,β-unsaturated/α-hetero) is 1. The number of carbonyl (C=O) groups is 1. The van der Waals surface area contributed by atoms with E-state index in [1.54, 1.807) is 19.1 Å². The molecule has 1 aromatic rings. The molecular formula is C10H10ClFO. The van der Waals surface area contributed by atoms with E-state index in [0.717, 1.165) is 0 Å². The maximum Gasteiger partial charge on any atom is 0.144 e. The fraction of sp³-hybridized carbons (Fsp3) is 0.300. The maximum atomic E-state index is 13.2. The van der Waals surface area contributed by atoms with Crippen molar-refractivity contribution in [3.8, 4) is 0 Å². The second kappa shape index (κ2) is 3.88. The Morgan fingerprint density at radius 1 is 1.54 bits per heavy atom. The van der Waals surface area contributed by atoms with E-state index in [0.29, 0.717) is 11.1 Å². The normalized spacial score (nSPS) is 10.2. The lowest BCUT2D eigenvalue weighted by Gasteiger charge is -2.04. The van der Waals surface area contributed by atoms with Crippen molar-refractivity contribution in [2.45, 2.75) is 20.3 Å². The molecule has 0 radical (unpaired) electrons. The molecule has 0 atom stereocenters. The zero-order chi connectivity index (χ0) is 10.0. The molecule has 1 rings (SSSR count). The highest BCUT2D eigenvalue weighted by Crippen LogP contribution is 2.23. The minimum Gasteiger partial charge on any atom is -0.300 e. The van der Waals surface area contributed by atoms with E-state index in [-0.39, 0.29) is 17.2 Å². The largest absolute Gasteiger partial charge is 0.300 e. The predicted molar refractivity (Wildman–Crippen MR) is 50.5 cm³/mol. The average Bonchev–Trinajstić information content (AvgIpc) is 2.06. The summed E-state index contributed by atoms with van der Waals surface area (Å²) < 4.78 is 13.2. The van der Waals surface area contributed by atoms with Crippen LogP contribution in [0.2, 0.25) is 5.02 Å². The Labute approximate surface area is 81.5 Å². The predicted octanol–water partition coefficient (Wildman–Crippen LogP) is 2.92. The third-order valence-corrected chi connectivity index (χ3v) is 2.20. The Hall–Kier alpha value is -0.890. The highest BCUT2D eigenvalue weighted by atomic mass is 35.5. The first kappa shape index (κ1) is 10.2. The van der Waals surface area contributed by atoms with E-state index in [9.17, 15) is 9.18 Å². The van der Waals surface area contributed by atoms with Gasteiger partial charge in [0.2, 0.25) is 0 Å². The summed E-state index contributed by atoms with van der Waals surface area (Å²) in [6, 6.07) is 3.31. The lowest BCUT2D eigenvalue weighted by molar-refractivity contribution is -0.116. The zero-order valence-electron chi connectivity index (χ0n) is 7.53. The molecule has 70 valence electrons. The molecule has 0 fully saturated rings. The number of benzene rings is 1. The summed E-state index contributed by atoms with van der Waals surface area (Å²) in [6.45, 7) is 3.09. The van der Waals surface area contributed by atoms with Crippen molar-refractivity contribution < 1.29 is 9.18 Å². The van der Waals surface area contributed by atoms with Crippen LogP contribution in [0, 0.1) is 12.7 Å². The van der Waals surface area contributed by atoms with Crippen molar-refractivity contribution in [1.29, 1.82) is 0 Å². The molecule has 0 aliphatic heterocycles. The van der Waals surface area contributed by atoms with Crippen LogP contribution in [0.5, 0.6) is 0 Å². The third kappa shape index (κ3) is 2.28. The summed E-state index contributed by atoms with van der Waals surface area (Å²) in [5.74, 6) is -0.453. The van der Waals surface area contributed by atoms with Gasteiger partial charge in [-0.15, -0.1) is 0 Å². The number of rotatable bonds is 2. The minimum atomic E-state index is -0.430. The first-order valence-electron chi connectivity index (χ1n) is 3.95. The molecule has 0 unspecified atom stereocenters. The lowest BCUT2D eigenvalue weighted by atomic mass is 10.1. The summed E-state index contributed by atoms with van der Waals surface area (Å²) >= 11 is 5.72. The molecule has 0 saturated heterocycles. The van der Waals surface area contributed by atoms with Crippen LogP contribution in [0.25, 0.3) is 0 Å². The SMILES string of the molecule is CC(=O)Cc1ccc(C)c(F)c1Cl. The van der Waals surface area contributed by atoms with Crippen molar-refractivity contribution in [2.24, 2.45) is 0 Å². The van der Waals surface area contributed by atoms with Crippen molar-refractivity contribution in [2.75, 3.05) is 0 Å². The fourth-order valence-corrected chi connectivity index (χ4v) is 1.37. The number of ketones is 1. The quantitative estimate of drug-likeness (QED) is 0.718. The molecule has 0 aliphatic rings. The van der Waals surface area contributed by atoms with Crippen LogP contribution in [0.4, 0.5) is 4.39 Å². The summed E-state index contributed by atoms with van der Waals surface area (Å²) in [5, 5.41) is 0.0650. The Balaban J connectivity index is 3.10. The van der Waals surface area contributed by atoms with E-state index in [4.69, 9.17) is 11.6 Å². The number of halogens is 2. The smallest absolute Gasteiger partial charge is 0.144 e. The Morgan fingerprint density at radius 2 is 2.15 bits per heavy atom. The summed E-state index contributed by atoms with van der Waals surface area (Å²) in [5.41, 5.74) is 1.05. The molecule has 0 amide bonds. The van der Waals surface area contributed by atoms with Gasteiger partial charge in [-0.05, 0) is 25.0 Å². The summed E-state index contributed by atoms with van der Waals surface area (Å²) in [7, 11) is 0. The van der Waals surface area contributed by atoms with Crippen molar-refractivity contribution in [1.82, 2.24) is 0 Å². The highest BCUT2D eigenvalue weighted by Gasteiger charge is 2.09. The van der Waals surface area contributed by atoms with Crippen LogP contribution >= 0.6 is 11.6 Å². The van der Waals surface area contributed by atoms with Crippen LogP contribution in [-0.4, -0.2) is 5.78 Å². The Morgan fingerprint density at radius 3 is 2.69 bits per heavy atom. The molecular weight excluding hydrogens is 191 g/mol. The third-order valence-electron chi connectivity index (χ3n) is 1.79. The van der Waals surface area contributed by atoms with E-state index in [1.807, 2.05) is 0 Å². The number of aryl methyl sites for hydroxylation is 1. The summed E-state index contributed by atoms with van der Waals surface area (Å²) in [4.78, 5) is 10.8. The van der Waals surface area contributed by atoms with Crippen LogP contribution in [-0.2, 0) is 11.2 Å². The Bertz CT molecular complexity index is 347. The Kier molecular flexibility index (Phi) is 3.04. The van der Waals surface area contributed by atoms with Gasteiger partial charge in [0, 0.05) is 6.42 Å². The second-order valence-electron chi connectivity index (χ2n) is 3.05. The van der Waals surface area contributed by atoms with Gasteiger partial charge < -0.3 is 0 Å². The monoisotopic (exact) mass is 200 g/mol. The number of carbonyl (C=O) groups excluding carboxylic acids is 1. The van der Waals surface area contributed by atoms with Crippen LogP contribution in [0.15, 0.2) is 12.1 Å². The van der Waals surface area contributed by atoms with E-state index in [1.165, 1.54) is 6.92 Å². The molecule has 0 N–H and O–H groups in total. The van der Waals surface area contributed by atoms with Crippen LogP contribution in [0.3, 0.4) is 0 Å². The molecule has 0 heterocycles. The highest BCUT2D eigenvalue weighted by molar-refractivity contribution is 6.31. The zero-order valence-corrected chi connectivity index (χ0v) is 8.28. The van der Waals surface area contributed by atoms with Gasteiger partial charge in [0.1, 0.15) is 11.6 Å². The van der Waals surface area contributed by atoms with Gasteiger partial charge in [-0.3, -0.25) is 4.79 Å². The molecule has 0 spiro atoms. The molecule has 0 bridgehead atoms. The number of hydrogen-bond donors (Lipinski definition) is 0. The first-order chi connectivity index (χ1) is 6.02. The summed E-state index contributed by atoms with van der Waals surface area (Å²) in [6.07, 6.45) is 0.191. The van der Waals surface area contributed by atoms with E-state index in [2.05, 4.69) is 0 Å². The fourth-order valence-electron chi connectivity index (χ4n) is 1.09. The molecule has 1 aromatic carbocycles. The first-order valence-corrected chi connectivity index (χ1v) is 4.33. The molecule has 3 heteroatoms. The second-order valence-corrected chi connectivity index (χ2v) is 3.43. The van der Waals surface area contributed by atoms with Gasteiger partial charge in [-0.1, -0.05) is 23.7 Å². The van der Waals surface area contributed by atoms with Gasteiger partial charge in [0.05, 0.1) is 5.02 Å². The van der Waals surface area contributed by atoms with Crippen molar-refractivity contribution in [3.05, 3.63) is 34.1 Å². The van der Waals surface area contributed by atoms with Gasteiger partial charge in [0.15, 0.2) is 0 Å². The van der Waals surface area contributed by atoms with Gasteiger partial charge in [0.25, 0.3) is 0 Å². The lowest BCUT2D eigenvalue weighted by Crippen LogP contribution is -1.99. The van der Waals surface area contributed by atoms with Crippen molar-refractivity contribution in [3.63, 3.8) is 0 Å². The van der Waals surface area contributed by atoms with Crippen molar-refractivity contribution >= 4 is 17.4 Å². The van der Waals surface area contributed by atoms with Crippen LogP contribution < -0.4 is 0 Å². The molecule has 0 saturated carbocycles. The molecule has 0 aromatic heterocycles. The molecule has 1 nitrogen and oxygen atoms in total. The van der Waals surface area contributed by atoms with Gasteiger partial charge >= 0.3 is 0 Å². The van der Waals surface area contributed by atoms with E-state index >= 15 is 0 Å². The van der Waals surface area contributed by atoms with Gasteiger partial charge in [-0.25, -0.2) is 4.39 Å². The topological polar surface area (TPSA) is 17.1 Å². The molecule has 13 heavy (non-hydrogen) atoms. The maximum absolute atomic E-state index is 13.2. The molecule has 0 aliphatic carbocycles. The average molecular weight is 201 g/mol. The standard InChI is InChI=1S/C10H10ClFO/c1-6-3-4-8(5-7(2)13)9(11)10(6)12/h3-4H,5H2,1-2H3. The van der Waals surface area contributed by atoms with E-state index < -0.39 is 5.82 Å². The minimum absolute atomic E-state index is 0.0230. The number of hydrogen-bond acceptors (Lipinski definition) is 1. The van der Waals surface area contributed by atoms with Crippen LogP contribution in [0.1, 0.15) is 18.1 Å². The van der Waals surface area contributed by atoms with Gasteiger partial charge in [-0.2, -0.15) is 0 Å².